The molecular formula is C24H14Cl3NO4. The molecule has 5 nitrogen and oxygen atoms in total. The molecule has 0 saturated heterocycles. The van der Waals surface area contributed by atoms with Crippen molar-refractivity contribution in [1.29, 1.82) is 0 Å². The molecule has 0 aliphatic heterocycles. The zero-order chi connectivity index (χ0) is 22.6. The van der Waals surface area contributed by atoms with Gasteiger partial charge < -0.3 is 14.9 Å². The Balaban J connectivity index is 1.89. The Hall–Kier alpha value is -2.83. The Kier molecular flexibility index (Phi) is 5.22. The first-order valence-electron chi connectivity index (χ1n) is 9.63. The van der Waals surface area contributed by atoms with Crippen LogP contribution in [0.3, 0.4) is 0 Å². The molecule has 160 valence electrons. The lowest BCUT2D eigenvalue weighted by molar-refractivity contribution is 0.201. The number of phenols is 1. The van der Waals surface area contributed by atoms with Crippen molar-refractivity contribution < 1.29 is 14.9 Å². The van der Waals surface area contributed by atoms with Crippen LogP contribution in [-0.2, 0) is 0 Å². The molecule has 0 aromatic heterocycles. The molecule has 2 N–H and O–H groups in total. The van der Waals surface area contributed by atoms with Crippen molar-refractivity contribution in [2.75, 3.05) is 13.2 Å². The van der Waals surface area contributed by atoms with E-state index in [1.54, 1.807) is 36.4 Å². The van der Waals surface area contributed by atoms with E-state index in [9.17, 15) is 9.90 Å². The summed E-state index contributed by atoms with van der Waals surface area (Å²) in [4.78, 5) is 17.4. The summed E-state index contributed by atoms with van der Waals surface area (Å²) in [5.74, 6) is 0.533. The largest absolute Gasteiger partial charge is 0.507 e. The van der Waals surface area contributed by atoms with Crippen molar-refractivity contribution >= 4 is 62.0 Å². The highest BCUT2D eigenvalue weighted by molar-refractivity contribution is 6.43. The summed E-state index contributed by atoms with van der Waals surface area (Å²) < 4.78 is 5.38. The van der Waals surface area contributed by atoms with Gasteiger partial charge in [0.2, 0.25) is 0 Å². The minimum Gasteiger partial charge on any atom is -0.507 e. The smallest absolute Gasteiger partial charge is 0.189 e. The molecule has 3 aromatic carbocycles. The van der Waals surface area contributed by atoms with E-state index in [0.29, 0.717) is 54.5 Å². The van der Waals surface area contributed by atoms with Gasteiger partial charge in [-0.15, -0.1) is 0 Å². The third-order valence-corrected chi connectivity index (χ3v) is 6.24. The molecule has 32 heavy (non-hydrogen) atoms. The van der Waals surface area contributed by atoms with E-state index in [1.807, 2.05) is 0 Å². The summed E-state index contributed by atoms with van der Waals surface area (Å²) >= 11 is 19.3. The van der Waals surface area contributed by atoms with Gasteiger partial charge in [-0.25, -0.2) is 4.99 Å². The summed E-state index contributed by atoms with van der Waals surface area (Å²) in [6, 6.07) is 13.1. The molecule has 0 fully saturated rings. The van der Waals surface area contributed by atoms with E-state index in [2.05, 4.69) is 0 Å². The molecule has 0 amide bonds. The highest BCUT2D eigenvalue weighted by atomic mass is 35.5. The molecule has 0 heterocycles. The second kappa shape index (κ2) is 7.94. The van der Waals surface area contributed by atoms with Crippen LogP contribution < -0.4 is 15.5 Å². The van der Waals surface area contributed by atoms with Gasteiger partial charge in [-0.1, -0.05) is 34.8 Å². The summed E-state index contributed by atoms with van der Waals surface area (Å²) in [6.45, 7) is 0.119. The summed E-state index contributed by atoms with van der Waals surface area (Å²) in [6.07, 6.45) is 0. The zero-order valence-electron chi connectivity index (χ0n) is 16.3. The summed E-state index contributed by atoms with van der Waals surface area (Å²) in [7, 11) is 0. The number of rotatable bonds is 4. The van der Waals surface area contributed by atoms with Gasteiger partial charge in [0.25, 0.3) is 0 Å². The molecule has 0 atom stereocenters. The minimum absolute atomic E-state index is 0.0675. The summed E-state index contributed by atoms with van der Waals surface area (Å²) in [5, 5.41) is 22.9. The Morgan fingerprint density at radius 2 is 1.62 bits per heavy atom. The number of hydrogen-bond acceptors (Lipinski definition) is 5. The second-order valence-corrected chi connectivity index (χ2v) is 8.48. The highest BCUT2D eigenvalue weighted by Gasteiger charge is 2.24. The van der Waals surface area contributed by atoms with E-state index in [0.717, 1.165) is 0 Å². The first-order chi connectivity index (χ1) is 15.4. The van der Waals surface area contributed by atoms with Crippen LogP contribution in [0.4, 0.5) is 5.69 Å². The molecule has 0 spiro atoms. The second-order valence-electron chi connectivity index (χ2n) is 7.26. The van der Waals surface area contributed by atoms with Crippen LogP contribution in [0.1, 0.15) is 0 Å². The lowest BCUT2D eigenvalue weighted by atomic mass is 9.88. The van der Waals surface area contributed by atoms with Crippen molar-refractivity contribution in [2.24, 2.45) is 4.99 Å². The minimum atomic E-state index is -0.307. The van der Waals surface area contributed by atoms with Gasteiger partial charge in [0.05, 0.1) is 38.1 Å². The van der Waals surface area contributed by atoms with Crippen molar-refractivity contribution in [3.63, 3.8) is 0 Å². The molecule has 0 radical (unpaired) electrons. The van der Waals surface area contributed by atoms with E-state index < -0.39 is 0 Å². The molecule has 0 unspecified atom stereocenters. The molecular weight excluding hydrogens is 473 g/mol. The molecule has 0 saturated carbocycles. The monoisotopic (exact) mass is 485 g/mol. The van der Waals surface area contributed by atoms with Crippen molar-refractivity contribution in [1.82, 2.24) is 0 Å². The number of ether oxygens (including phenoxy) is 1. The first-order valence-corrected chi connectivity index (χ1v) is 10.8. The topological polar surface area (TPSA) is 79.1 Å². The van der Waals surface area contributed by atoms with E-state index in [4.69, 9.17) is 49.6 Å². The maximum atomic E-state index is 12.7. The number of halogens is 3. The Morgan fingerprint density at radius 1 is 0.875 bits per heavy atom. The fraction of sp³-hybridized carbons (Fsp3) is 0.0833. The Bertz CT molecular complexity index is 1570. The Morgan fingerprint density at radius 3 is 2.34 bits per heavy atom. The average molecular weight is 487 g/mol. The number of aliphatic hydroxyl groups is 1. The third-order valence-electron chi connectivity index (χ3n) is 5.32. The number of aromatic hydroxyl groups is 1. The SMILES string of the molecule is O=c1cc(Cl)c2cc(=Nc3ccc(OCCO)cc3)c3c(O)cc(Cl)c4cc(Cl)c1c-2c43. The predicted octanol–water partition coefficient (Wildman–Crippen LogP) is 5.60. The van der Waals surface area contributed by atoms with Gasteiger partial charge in [-0.3, -0.25) is 4.79 Å². The van der Waals surface area contributed by atoms with Crippen LogP contribution in [0.5, 0.6) is 11.5 Å². The van der Waals surface area contributed by atoms with Crippen LogP contribution in [0.25, 0.3) is 32.7 Å². The lowest BCUT2D eigenvalue weighted by Crippen LogP contribution is -2.11. The molecule has 5 rings (SSSR count). The molecule has 0 bridgehead atoms. The average Bonchev–Trinajstić information content (AvgIpc) is 2.76. The van der Waals surface area contributed by atoms with Gasteiger partial charge in [0.15, 0.2) is 5.43 Å². The molecule has 2 aliphatic carbocycles. The quantitative estimate of drug-likeness (QED) is 0.324. The van der Waals surface area contributed by atoms with Crippen molar-refractivity contribution in [2.45, 2.75) is 0 Å². The highest BCUT2D eigenvalue weighted by Crippen LogP contribution is 2.46. The molecule has 3 aromatic rings. The lowest BCUT2D eigenvalue weighted by Gasteiger charge is -2.19. The van der Waals surface area contributed by atoms with Gasteiger partial charge in [-0.2, -0.15) is 0 Å². The predicted molar refractivity (Wildman–Crippen MR) is 128 cm³/mol. The number of nitrogens with zero attached hydrogens (tertiary/aromatic N) is 1. The number of benzene rings is 5. The fourth-order valence-corrected chi connectivity index (χ4v) is 4.81. The molecule has 2 aliphatic rings. The standard InChI is InChI=1S/C24H14Cl3NO4/c25-15-10-20(31)24-18(28-11-1-3-12(4-2-11)32-6-5-29)8-14-16(26)9-19(30)23-17(27)7-13(15)22(24)21(14)23/h1-4,7-10,29,31H,5-6H2. The number of hydrogen-bond donors (Lipinski definition) is 2. The van der Waals surface area contributed by atoms with Crippen LogP contribution in [0, 0.1) is 0 Å². The van der Waals surface area contributed by atoms with Crippen molar-refractivity contribution in [3.8, 4) is 22.6 Å². The van der Waals surface area contributed by atoms with Crippen LogP contribution in [0.15, 0.2) is 58.3 Å². The van der Waals surface area contributed by atoms with Gasteiger partial charge in [-0.05, 0) is 42.5 Å². The zero-order valence-corrected chi connectivity index (χ0v) is 18.6. The van der Waals surface area contributed by atoms with Gasteiger partial charge in [0, 0.05) is 33.4 Å². The van der Waals surface area contributed by atoms with Gasteiger partial charge >= 0.3 is 0 Å². The summed E-state index contributed by atoms with van der Waals surface area (Å²) in [5.41, 5.74) is 1.44. The normalized spacial score (nSPS) is 12.4. The number of phenolic OH excluding ortho intramolecular Hbond substituents is 1. The van der Waals surface area contributed by atoms with Crippen LogP contribution in [0.2, 0.25) is 15.1 Å². The maximum absolute atomic E-state index is 12.7. The van der Waals surface area contributed by atoms with Crippen molar-refractivity contribution in [3.05, 3.63) is 79.2 Å². The van der Waals surface area contributed by atoms with E-state index in [1.165, 1.54) is 12.1 Å². The fourth-order valence-electron chi connectivity index (χ4n) is 4.01. The Labute approximate surface area is 196 Å². The van der Waals surface area contributed by atoms with Crippen LogP contribution >= 0.6 is 34.8 Å². The van der Waals surface area contributed by atoms with E-state index >= 15 is 0 Å². The number of aliphatic hydroxyl groups excluding tert-OH is 1. The molecule has 8 heteroatoms. The first kappa shape index (κ1) is 21.0. The van der Waals surface area contributed by atoms with Crippen LogP contribution in [-0.4, -0.2) is 23.4 Å². The van der Waals surface area contributed by atoms with E-state index in [-0.39, 0.29) is 34.4 Å². The third kappa shape index (κ3) is 3.29. The van der Waals surface area contributed by atoms with Gasteiger partial charge in [0.1, 0.15) is 18.1 Å². The maximum Gasteiger partial charge on any atom is 0.189 e.